The minimum atomic E-state index is -1.22. The fraction of sp³-hybridized carbons (Fsp3) is 0. The first-order valence-corrected chi connectivity index (χ1v) is 7.73. The average Bonchev–Trinajstić information content (AvgIpc) is 2.54. The number of rotatable bonds is 2. The molecule has 8 N–H and O–H groups in total. The number of carbonyl (C=O) groups is 2. The SMILES string of the molecule is Nc1c(C(=O)O)cc(Br)c(Cl)c1O.Nc1c(C(=O)O)ccc(Cl)c1O. The molecule has 0 saturated carbocycles. The van der Waals surface area contributed by atoms with Gasteiger partial charge in [-0.25, -0.2) is 9.59 Å². The van der Waals surface area contributed by atoms with Crippen LogP contribution >= 0.6 is 39.1 Å². The van der Waals surface area contributed by atoms with Gasteiger partial charge in [-0.2, -0.15) is 0 Å². The Labute approximate surface area is 159 Å². The largest absolute Gasteiger partial charge is 0.504 e. The molecular formula is C14H11BrCl2N2O6. The third-order valence-electron chi connectivity index (χ3n) is 2.86. The van der Waals surface area contributed by atoms with Crippen molar-refractivity contribution in [2.75, 3.05) is 11.5 Å². The molecular weight excluding hydrogens is 443 g/mol. The number of aromatic hydroxyl groups is 2. The van der Waals surface area contributed by atoms with Crippen molar-refractivity contribution in [1.29, 1.82) is 0 Å². The Hall–Kier alpha value is -2.36. The van der Waals surface area contributed by atoms with E-state index in [0.717, 1.165) is 0 Å². The van der Waals surface area contributed by atoms with E-state index in [2.05, 4.69) is 15.9 Å². The fourth-order valence-electron chi connectivity index (χ4n) is 1.57. The van der Waals surface area contributed by atoms with Crippen LogP contribution in [0.3, 0.4) is 0 Å². The summed E-state index contributed by atoms with van der Waals surface area (Å²) in [6, 6.07) is 3.75. The molecule has 0 aliphatic heterocycles. The molecule has 11 heteroatoms. The summed E-state index contributed by atoms with van der Waals surface area (Å²) in [5, 5.41) is 35.6. The Morgan fingerprint density at radius 2 is 1.40 bits per heavy atom. The molecule has 0 atom stereocenters. The van der Waals surface area contributed by atoms with E-state index in [1.807, 2.05) is 0 Å². The number of phenolic OH excluding ortho intramolecular Hbond substituents is 2. The van der Waals surface area contributed by atoms with Crippen molar-refractivity contribution >= 4 is 62.4 Å². The zero-order valence-corrected chi connectivity index (χ0v) is 15.2. The van der Waals surface area contributed by atoms with Gasteiger partial charge in [-0.3, -0.25) is 0 Å². The van der Waals surface area contributed by atoms with Gasteiger partial charge >= 0.3 is 11.9 Å². The number of carboxylic acid groups (broad SMARTS) is 2. The molecule has 0 aliphatic carbocycles. The van der Waals surface area contributed by atoms with Gasteiger partial charge in [0.25, 0.3) is 0 Å². The van der Waals surface area contributed by atoms with Gasteiger partial charge in [0.05, 0.1) is 32.5 Å². The normalized spacial score (nSPS) is 9.88. The monoisotopic (exact) mass is 452 g/mol. The number of nitrogen functional groups attached to an aromatic ring is 2. The summed E-state index contributed by atoms with van der Waals surface area (Å²) in [5.41, 5.74) is 9.80. The quantitative estimate of drug-likeness (QED) is 0.297. The molecule has 0 spiro atoms. The molecule has 0 radical (unpaired) electrons. The van der Waals surface area contributed by atoms with Crippen molar-refractivity contribution in [1.82, 2.24) is 0 Å². The maximum Gasteiger partial charge on any atom is 0.337 e. The van der Waals surface area contributed by atoms with Crippen LogP contribution in [0.5, 0.6) is 11.5 Å². The molecule has 0 amide bonds. The summed E-state index contributed by atoms with van der Waals surface area (Å²) >= 11 is 14.0. The number of halogens is 3. The standard InChI is InChI=1S/C7H5BrClNO3.C7H6ClNO3/c8-3-1-2(7(12)13)5(10)6(11)4(3)9;8-4-2-1-3(7(11)12)5(9)6(4)10/h1,11H,10H2,(H,12,13);1-2,10H,9H2,(H,11,12). The second-order valence-corrected chi connectivity index (χ2v) is 6.09. The first kappa shape index (κ1) is 20.7. The summed E-state index contributed by atoms with van der Waals surface area (Å²) in [4.78, 5) is 21.0. The first-order chi connectivity index (χ1) is 11.5. The highest BCUT2D eigenvalue weighted by Gasteiger charge is 2.17. The van der Waals surface area contributed by atoms with Crippen LogP contribution in [0.2, 0.25) is 10.0 Å². The number of benzene rings is 2. The Morgan fingerprint density at radius 1 is 0.920 bits per heavy atom. The van der Waals surface area contributed by atoms with Gasteiger partial charge in [0.2, 0.25) is 0 Å². The van der Waals surface area contributed by atoms with E-state index < -0.39 is 23.4 Å². The predicted octanol–water partition coefficient (Wildman–Crippen LogP) is 3.41. The molecule has 2 rings (SSSR count). The molecule has 0 saturated heterocycles. The van der Waals surface area contributed by atoms with Crippen molar-refractivity contribution < 1.29 is 30.0 Å². The highest BCUT2D eigenvalue weighted by molar-refractivity contribution is 9.10. The van der Waals surface area contributed by atoms with Crippen LogP contribution < -0.4 is 11.5 Å². The summed E-state index contributed by atoms with van der Waals surface area (Å²) in [5.74, 6) is -3.23. The molecule has 8 nitrogen and oxygen atoms in total. The molecule has 0 unspecified atom stereocenters. The molecule has 134 valence electrons. The zero-order chi connectivity index (χ0) is 19.5. The molecule has 2 aromatic rings. The van der Waals surface area contributed by atoms with Gasteiger partial charge in [-0.15, -0.1) is 0 Å². The lowest BCUT2D eigenvalue weighted by Gasteiger charge is -2.06. The van der Waals surface area contributed by atoms with Crippen LogP contribution in [0.4, 0.5) is 11.4 Å². The van der Waals surface area contributed by atoms with Crippen molar-refractivity contribution in [3.05, 3.63) is 43.8 Å². The predicted molar refractivity (Wildman–Crippen MR) is 96.7 cm³/mol. The zero-order valence-electron chi connectivity index (χ0n) is 12.1. The van der Waals surface area contributed by atoms with Crippen LogP contribution in [-0.4, -0.2) is 32.4 Å². The van der Waals surface area contributed by atoms with Gasteiger partial charge < -0.3 is 31.9 Å². The summed E-state index contributed by atoms with van der Waals surface area (Å²) in [6.07, 6.45) is 0. The van der Waals surface area contributed by atoms with Crippen molar-refractivity contribution in [2.24, 2.45) is 0 Å². The number of aromatic carboxylic acids is 2. The lowest BCUT2D eigenvalue weighted by molar-refractivity contribution is 0.0687. The number of hydrogen-bond donors (Lipinski definition) is 6. The Bertz CT molecular complexity index is 860. The van der Waals surface area contributed by atoms with E-state index in [4.69, 9.17) is 50.0 Å². The molecule has 0 heterocycles. The number of nitrogens with two attached hydrogens (primary N) is 2. The Balaban J connectivity index is 0.000000251. The van der Waals surface area contributed by atoms with Gasteiger partial charge in [0.1, 0.15) is 0 Å². The van der Waals surface area contributed by atoms with E-state index in [1.54, 1.807) is 0 Å². The molecule has 25 heavy (non-hydrogen) atoms. The van der Waals surface area contributed by atoms with Gasteiger partial charge in [-0.05, 0) is 34.1 Å². The Kier molecular flexibility index (Phi) is 6.74. The van der Waals surface area contributed by atoms with E-state index in [-0.39, 0.29) is 32.5 Å². The summed E-state index contributed by atoms with van der Waals surface area (Å²) < 4.78 is 0.290. The van der Waals surface area contributed by atoms with Crippen molar-refractivity contribution in [2.45, 2.75) is 0 Å². The fourth-order valence-corrected chi connectivity index (χ4v) is 2.31. The highest BCUT2D eigenvalue weighted by atomic mass is 79.9. The molecule has 0 bridgehead atoms. The van der Waals surface area contributed by atoms with E-state index in [1.165, 1.54) is 18.2 Å². The highest BCUT2D eigenvalue weighted by Crippen LogP contribution is 2.38. The van der Waals surface area contributed by atoms with Crippen LogP contribution in [0, 0.1) is 0 Å². The maximum atomic E-state index is 10.6. The number of carboxylic acids is 2. The maximum absolute atomic E-state index is 10.6. The number of anilines is 2. The minimum Gasteiger partial charge on any atom is -0.504 e. The van der Waals surface area contributed by atoms with Gasteiger partial charge in [0, 0.05) is 4.47 Å². The second kappa shape index (κ2) is 8.15. The molecule has 0 aromatic heterocycles. The second-order valence-electron chi connectivity index (χ2n) is 4.45. The van der Waals surface area contributed by atoms with Gasteiger partial charge in [0.15, 0.2) is 11.5 Å². The minimum absolute atomic E-state index is 0.00231. The van der Waals surface area contributed by atoms with Crippen LogP contribution in [0.25, 0.3) is 0 Å². The number of hydrogen-bond acceptors (Lipinski definition) is 6. The van der Waals surface area contributed by atoms with Crippen molar-refractivity contribution in [3.8, 4) is 11.5 Å². The molecule has 0 aliphatic rings. The summed E-state index contributed by atoms with van der Waals surface area (Å²) in [7, 11) is 0. The lowest BCUT2D eigenvalue weighted by atomic mass is 10.1. The van der Waals surface area contributed by atoms with Crippen LogP contribution in [0.1, 0.15) is 20.7 Å². The van der Waals surface area contributed by atoms with Gasteiger partial charge in [-0.1, -0.05) is 23.2 Å². The molecule has 2 aromatic carbocycles. The summed E-state index contributed by atoms with van der Waals surface area (Å²) in [6.45, 7) is 0. The first-order valence-electron chi connectivity index (χ1n) is 6.19. The lowest BCUT2D eigenvalue weighted by Crippen LogP contribution is -2.02. The topological polar surface area (TPSA) is 167 Å². The van der Waals surface area contributed by atoms with Crippen LogP contribution in [-0.2, 0) is 0 Å². The number of phenols is 2. The molecule has 0 fully saturated rings. The van der Waals surface area contributed by atoms with E-state index in [0.29, 0.717) is 4.47 Å². The van der Waals surface area contributed by atoms with E-state index >= 15 is 0 Å². The smallest absolute Gasteiger partial charge is 0.337 e. The van der Waals surface area contributed by atoms with E-state index in [9.17, 15) is 14.7 Å². The third kappa shape index (κ3) is 4.59. The van der Waals surface area contributed by atoms with Crippen LogP contribution in [0.15, 0.2) is 22.7 Å². The third-order valence-corrected chi connectivity index (χ3v) is 4.40. The average molecular weight is 454 g/mol. The Morgan fingerprint density at radius 3 is 1.88 bits per heavy atom. The van der Waals surface area contributed by atoms with Crippen molar-refractivity contribution in [3.63, 3.8) is 0 Å².